The van der Waals surface area contributed by atoms with Gasteiger partial charge in [-0.25, -0.2) is 4.79 Å². The van der Waals surface area contributed by atoms with Gasteiger partial charge >= 0.3 is 11.8 Å². The Morgan fingerprint density at radius 2 is 1.76 bits per heavy atom. The number of nitrogens with zero attached hydrogens (tertiary/aromatic N) is 4. The van der Waals surface area contributed by atoms with Crippen molar-refractivity contribution >= 4 is 23.3 Å². The number of azo groups is 2. The molecule has 8 nitrogen and oxygen atoms in total. The minimum absolute atomic E-state index is 0.268. The summed E-state index contributed by atoms with van der Waals surface area (Å²) in [6, 6.07) is 16.2. The van der Waals surface area contributed by atoms with Crippen molar-refractivity contribution in [1.82, 2.24) is 4.90 Å². The van der Waals surface area contributed by atoms with Gasteiger partial charge in [0.1, 0.15) is 5.75 Å². The molecule has 0 spiro atoms. The summed E-state index contributed by atoms with van der Waals surface area (Å²) in [6.07, 6.45) is -0.651. The van der Waals surface area contributed by atoms with Crippen LogP contribution in [0.15, 0.2) is 59.7 Å². The summed E-state index contributed by atoms with van der Waals surface area (Å²) in [4.78, 5) is 40.9. The van der Waals surface area contributed by atoms with Crippen molar-refractivity contribution in [3.63, 3.8) is 0 Å². The summed E-state index contributed by atoms with van der Waals surface area (Å²) in [5, 5.41) is 4.42. The van der Waals surface area contributed by atoms with Crippen LogP contribution in [-0.4, -0.2) is 59.7 Å². The quantitative estimate of drug-likeness (QED) is 0.425. The summed E-state index contributed by atoms with van der Waals surface area (Å²) in [5.41, 5.74) is 1.33. The molecule has 29 heavy (non-hydrogen) atoms. The van der Waals surface area contributed by atoms with Crippen molar-refractivity contribution in [3.8, 4) is 5.75 Å². The summed E-state index contributed by atoms with van der Waals surface area (Å²) >= 11 is 0. The molecule has 0 radical (unpaired) electrons. The van der Waals surface area contributed by atoms with Gasteiger partial charge in [-0.3, -0.25) is 14.5 Å². The predicted molar refractivity (Wildman–Crippen MR) is 104 cm³/mol. The maximum absolute atomic E-state index is 12.6. The van der Waals surface area contributed by atoms with Crippen LogP contribution in [0, 0.1) is 0 Å². The number of ketones is 1. The molecule has 0 saturated carbocycles. The van der Waals surface area contributed by atoms with Crippen LogP contribution >= 0.6 is 0 Å². The van der Waals surface area contributed by atoms with Crippen LogP contribution < -0.4 is 9.64 Å². The summed E-state index contributed by atoms with van der Waals surface area (Å²) < 4.78 is 6.46. The minimum atomic E-state index is -0.779. The van der Waals surface area contributed by atoms with Gasteiger partial charge in [-0.05, 0) is 35.9 Å². The second-order valence-electron chi connectivity index (χ2n) is 6.73. The Balaban J connectivity index is 1.59. The molecule has 2 aliphatic rings. The third-order valence-corrected chi connectivity index (χ3v) is 4.93. The largest absolute Gasteiger partial charge is 0.502 e. The van der Waals surface area contributed by atoms with Crippen LogP contribution in [0.25, 0.3) is 0 Å². The number of benzene rings is 2. The Hall–Kier alpha value is -3.55. The fourth-order valence-electron chi connectivity index (χ4n) is 3.48. The van der Waals surface area contributed by atoms with E-state index in [9.17, 15) is 14.4 Å². The SMILES string of the molecule is CCOc1ccc(N2CCN3C(=O)C(=O)[N+](CC(=O)c4ccccc4)=NC32)cc1. The van der Waals surface area contributed by atoms with Crippen LogP contribution in [0.2, 0.25) is 0 Å². The first-order valence-electron chi connectivity index (χ1n) is 9.49. The van der Waals surface area contributed by atoms with Crippen molar-refractivity contribution in [1.29, 1.82) is 0 Å². The lowest BCUT2D eigenvalue weighted by molar-refractivity contribution is -0.507. The topological polar surface area (TPSA) is 82.3 Å². The Kier molecular flexibility index (Phi) is 5.07. The lowest BCUT2D eigenvalue weighted by Crippen LogP contribution is -2.52. The fraction of sp³-hybridized carbons (Fsp3) is 0.286. The number of hydrogen-bond acceptors (Lipinski definition) is 6. The Morgan fingerprint density at radius 1 is 1.07 bits per heavy atom. The van der Waals surface area contributed by atoms with Gasteiger partial charge in [0.2, 0.25) is 12.3 Å². The molecular formula is C21H21N4O4+. The average molecular weight is 393 g/mol. The molecule has 0 aromatic heterocycles. The smallest absolute Gasteiger partial charge is 0.494 e. The maximum Gasteiger partial charge on any atom is 0.502 e. The molecule has 2 aromatic carbocycles. The van der Waals surface area contributed by atoms with Crippen molar-refractivity contribution in [2.75, 3.05) is 31.1 Å². The van der Waals surface area contributed by atoms with Gasteiger partial charge in [-0.15, -0.1) is 0 Å². The average Bonchev–Trinajstić information content (AvgIpc) is 3.17. The third kappa shape index (κ3) is 3.61. The van der Waals surface area contributed by atoms with E-state index in [1.807, 2.05) is 42.2 Å². The zero-order valence-electron chi connectivity index (χ0n) is 16.0. The van der Waals surface area contributed by atoms with Gasteiger partial charge < -0.3 is 9.64 Å². The molecule has 0 bridgehead atoms. The second kappa shape index (κ2) is 7.83. The van der Waals surface area contributed by atoms with E-state index in [0.29, 0.717) is 25.3 Å². The van der Waals surface area contributed by atoms with Crippen molar-refractivity contribution in [2.45, 2.75) is 13.2 Å². The fourth-order valence-corrected chi connectivity index (χ4v) is 3.48. The first kappa shape index (κ1) is 18.8. The Labute approximate surface area is 168 Å². The standard InChI is InChI=1S/C21H21N4O4/c1-2-29-17-10-8-16(9-11-17)23-12-13-24-19(27)20(28)25(22-21(23)24)14-18(26)15-6-4-3-5-7-15/h3-11,21H,2,12-14H2,1H3/q+1. The highest BCUT2D eigenvalue weighted by molar-refractivity contribution is 6.32. The highest BCUT2D eigenvalue weighted by Gasteiger charge is 2.49. The highest BCUT2D eigenvalue weighted by Crippen LogP contribution is 2.28. The molecule has 1 unspecified atom stereocenters. The molecule has 148 valence electrons. The van der Waals surface area contributed by atoms with Gasteiger partial charge in [0.15, 0.2) is 0 Å². The van der Waals surface area contributed by atoms with E-state index in [4.69, 9.17) is 4.74 Å². The van der Waals surface area contributed by atoms with Crippen LogP contribution in [0.1, 0.15) is 17.3 Å². The number of carbonyl (C=O) groups is 3. The number of Topliss-reactive ketones (excluding diaryl/α,β-unsaturated/α-hetero) is 1. The number of anilines is 1. The first-order chi connectivity index (χ1) is 14.1. The van der Waals surface area contributed by atoms with Gasteiger partial charge in [0.05, 0.1) is 6.61 Å². The predicted octanol–water partition coefficient (Wildman–Crippen LogP) is 1.91. The second-order valence-corrected chi connectivity index (χ2v) is 6.73. The number of fused-ring (bicyclic) bond motifs is 1. The first-order valence-corrected chi connectivity index (χ1v) is 9.49. The Bertz CT molecular complexity index is 972. The molecule has 1 saturated heterocycles. The molecule has 2 aromatic rings. The van der Waals surface area contributed by atoms with E-state index >= 15 is 0 Å². The normalized spacial score (nSPS) is 18.5. The van der Waals surface area contributed by atoms with E-state index in [1.54, 1.807) is 24.3 Å². The lowest BCUT2D eigenvalue weighted by atomic mass is 10.1. The van der Waals surface area contributed by atoms with E-state index in [2.05, 4.69) is 5.11 Å². The molecule has 4 rings (SSSR count). The van der Waals surface area contributed by atoms with Crippen LogP contribution in [0.5, 0.6) is 5.75 Å². The Morgan fingerprint density at radius 3 is 2.45 bits per heavy atom. The molecule has 2 amide bonds. The van der Waals surface area contributed by atoms with E-state index in [1.165, 1.54) is 4.90 Å². The van der Waals surface area contributed by atoms with Crippen LogP contribution in [0.3, 0.4) is 0 Å². The summed E-state index contributed by atoms with van der Waals surface area (Å²) in [6.45, 7) is 3.17. The van der Waals surface area contributed by atoms with E-state index in [0.717, 1.165) is 16.1 Å². The molecule has 1 fully saturated rings. The van der Waals surface area contributed by atoms with Crippen molar-refractivity contribution < 1.29 is 23.8 Å². The number of rotatable bonds is 6. The van der Waals surface area contributed by atoms with Crippen molar-refractivity contribution in [2.24, 2.45) is 5.11 Å². The van der Waals surface area contributed by atoms with E-state index in [-0.39, 0.29) is 12.3 Å². The molecule has 2 heterocycles. The van der Waals surface area contributed by atoms with Crippen LogP contribution in [-0.2, 0) is 9.59 Å². The molecular weight excluding hydrogens is 372 g/mol. The monoisotopic (exact) mass is 393 g/mol. The molecule has 8 heteroatoms. The lowest BCUT2D eigenvalue weighted by Gasteiger charge is -2.27. The van der Waals surface area contributed by atoms with Gasteiger partial charge in [-0.2, -0.15) is 0 Å². The number of ether oxygens (including phenoxy) is 1. The minimum Gasteiger partial charge on any atom is -0.494 e. The molecule has 2 aliphatic heterocycles. The summed E-state index contributed by atoms with van der Waals surface area (Å²) in [7, 11) is 0. The van der Waals surface area contributed by atoms with Gasteiger partial charge in [0.25, 0.3) is 6.29 Å². The molecule has 0 aliphatic carbocycles. The molecule has 1 atom stereocenters. The van der Waals surface area contributed by atoms with Crippen LogP contribution in [0.4, 0.5) is 5.69 Å². The van der Waals surface area contributed by atoms with Gasteiger partial charge in [-0.1, -0.05) is 30.3 Å². The number of carbonyl (C=O) groups excluding carboxylic acids is 3. The zero-order chi connectivity index (χ0) is 20.4. The summed E-state index contributed by atoms with van der Waals surface area (Å²) in [5.74, 6) is -0.929. The van der Waals surface area contributed by atoms with Crippen molar-refractivity contribution in [3.05, 3.63) is 60.2 Å². The number of amides is 2. The zero-order valence-corrected chi connectivity index (χ0v) is 16.0. The highest BCUT2D eigenvalue weighted by atomic mass is 16.5. The van der Waals surface area contributed by atoms with Gasteiger partial charge in [0, 0.05) is 29.5 Å². The maximum atomic E-state index is 12.6. The number of hydrogen-bond donors (Lipinski definition) is 0. The third-order valence-electron chi connectivity index (χ3n) is 4.93. The molecule has 0 N–H and O–H groups in total. The van der Waals surface area contributed by atoms with E-state index < -0.39 is 18.1 Å².